The number of aryl methyl sites for hydroxylation is 2. The first-order valence-electron chi connectivity index (χ1n) is 9.55. The molecule has 0 spiro atoms. The third-order valence-corrected chi connectivity index (χ3v) is 4.94. The normalized spacial score (nSPS) is 11.1. The average molecular weight is 423 g/mol. The molecule has 4 aromatic rings. The van der Waals surface area contributed by atoms with E-state index in [-0.39, 0.29) is 24.2 Å². The molecule has 7 nitrogen and oxygen atoms in total. The second-order valence-corrected chi connectivity index (χ2v) is 7.28. The van der Waals surface area contributed by atoms with E-state index in [4.69, 9.17) is 0 Å². The smallest absolute Gasteiger partial charge is 0.293 e. The van der Waals surface area contributed by atoms with Crippen LogP contribution in [0, 0.1) is 25.5 Å². The summed E-state index contributed by atoms with van der Waals surface area (Å²) in [6.07, 6.45) is 1.36. The van der Waals surface area contributed by atoms with Crippen LogP contribution in [0.5, 0.6) is 0 Å². The van der Waals surface area contributed by atoms with Gasteiger partial charge in [-0.05, 0) is 37.6 Å². The minimum Gasteiger partial charge on any atom is -0.350 e. The molecule has 1 N–H and O–H groups in total. The zero-order chi connectivity index (χ0) is 22.1. The van der Waals surface area contributed by atoms with Crippen molar-refractivity contribution < 1.29 is 13.6 Å². The monoisotopic (exact) mass is 423 g/mol. The molecule has 4 rings (SSSR count). The molecular weight excluding hydrogens is 404 g/mol. The van der Waals surface area contributed by atoms with Gasteiger partial charge in [0.25, 0.3) is 5.56 Å². The Morgan fingerprint density at radius 3 is 2.68 bits per heavy atom. The summed E-state index contributed by atoms with van der Waals surface area (Å²) in [5.41, 5.74) is 3.58. The first-order chi connectivity index (χ1) is 14.8. The molecule has 0 atom stereocenters. The number of hydrogen-bond acceptors (Lipinski definition) is 4. The summed E-state index contributed by atoms with van der Waals surface area (Å²) in [4.78, 5) is 25.0. The molecule has 0 bridgehead atoms. The summed E-state index contributed by atoms with van der Waals surface area (Å²) >= 11 is 0. The third-order valence-electron chi connectivity index (χ3n) is 4.94. The van der Waals surface area contributed by atoms with E-state index in [0.717, 1.165) is 33.5 Å². The number of amides is 1. The first-order valence-corrected chi connectivity index (χ1v) is 9.55. The molecule has 0 aliphatic rings. The van der Waals surface area contributed by atoms with Gasteiger partial charge in [0, 0.05) is 23.7 Å². The quantitative estimate of drug-likeness (QED) is 0.535. The molecule has 0 saturated carbocycles. The molecule has 9 heteroatoms. The van der Waals surface area contributed by atoms with Gasteiger partial charge < -0.3 is 5.32 Å². The predicted molar refractivity (Wildman–Crippen MR) is 110 cm³/mol. The van der Waals surface area contributed by atoms with Gasteiger partial charge in [-0.2, -0.15) is 10.2 Å². The Labute approximate surface area is 175 Å². The fourth-order valence-corrected chi connectivity index (χ4v) is 3.24. The molecular formula is C22H19F2N5O2. The van der Waals surface area contributed by atoms with Crippen molar-refractivity contribution in [3.8, 4) is 11.3 Å². The van der Waals surface area contributed by atoms with Gasteiger partial charge in [-0.1, -0.05) is 23.8 Å². The summed E-state index contributed by atoms with van der Waals surface area (Å²) in [7, 11) is 0. The lowest BCUT2D eigenvalue weighted by molar-refractivity contribution is -0.122. The molecule has 1 amide bonds. The van der Waals surface area contributed by atoms with Crippen molar-refractivity contribution in [1.82, 2.24) is 24.7 Å². The second-order valence-electron chi connectivity index (χ2n) is 7.28. The van der Waals surface area contributed by atoms with Crippen molar-refractivity contribution in [3.63, 3.8) is 0 Å². The summed E-state index contributed by atoms with van der Waals surface area (Å²) < 4.78 is 29.1. The maximum absolute atomic E-state index is 13.7. The fraction of sp³-hybridized carbons (Fsp3) is 0.182. The summed E-state index contributed by atoms with van der Waals surface area (Å²) in [6.45, 7) is 3.46. The van der Waals surface area contributed by atoms with Crippen LogP contribution in [-0.2, 0) is 17.9 Å². The van der Waals surface area contributed by atoms with Gasteiger partial charge in [0.2, 0.25) is 5.91 Å². The highest BCUT2D eigenvalue weighted by Crippen LogP contribution is 2.23. The number of fused-ring (bicyclic) bond motifs is 1. The van der Waals surface area contributed by atoms with Crippen molar-refractivity contribution in [1.29, 1.82) is 0 Å². The Balaban J connectivity index is 1.54. The van der Waals surface area contributed by atoms with Gasteiger partial charge in [0.1, 0.15) is 30.0 Å². The number of carbonyl (C=O) groups is 1. The van der Waals surface area contributed by atoms with Gasteiger partial charge >= 0.3 is 0 Å². The van der Waals surface area contributed by atoms with Gasteiger partial charge in [-0.25, -0.2) is 18.0 Å². The van der Waals surface area contributed by atoms with Gasteiger partial charge in [0.05, 0.1) is 5.69 Å². The highest BCUT2D eigenvalue weighted by atomic mass is 19.1. The molecule has 31 heavy (non-hydrogen) atoms. The van der Waals surface area contributed by atoms with Crippen molar-refractivity contribution >= 4 is 11.4 Å². The molecule has 0 fully saturated rings. The van der Waals surface area contributed by atoms with Gasteiger partial charge in [-0.15, -0.1) is 0 Å². The molecule has 0 saturated heterocycles. The first kappa shape index (κ1) is 20.4. The fourth-order valence-electron chi connectivity index (χ4n) is 3.24. The van der Waals surface area contributed by atoms with Crippen LogP contribution in [-0.4, -0.2) is 25.3 Å². The zero-order valence-electron chi connectivity index (χ0n) is 16.9. The SMILES string of the molecule is Cc1ccc(C)c(-c2cc3c(=O)n(CC(=O)NCc4ccc(F)cc4F)ncn3n2)c1. The average Bonchev–Trinajstić information content (AvgIpc) is 3.16. The number of carbonyl (C=O) groups excluding carboxylic acids is 1. The Hall–Kier alpha value is -3.88. The number of halogens is 2. The zero-order valence-corrected chi connectivity index (χ0v) is 16.9. The van der Waals surface area contributed by atoms with Gasteiger partial charge in [0.15, 0.2) is 0 Å². The number of rotatable bonds is 5. The van der Waals surface area contributed by atoms with E-state index in [1.54, 1.807) is 6.07 Å². The van der Waals surface area contributed by atoms with Crippen LogP contribution in [0.25, 0.3) is 16.8 Å². The molecule has 2 aromatic heterocycles. The predicted octanol–water partition coefficient (Wildman–Crippen LogP) is 2.77. The molecule has 0 radical (unpaired) electrons. The number of benzene rings is 2. The maximum Gasteiger partial charge on any atom is 0.293 e. The summed E-state index contributed by atoms with van der Waals surface area (Å²) in [6, 6.07) is 10.7. The maximum atomic E-state index is 13.7. The Morgan fingerprint density at radius 1 is 1.10 bits per heavy atom. The topological polar surface area (TPSA) is 81.3 Å². The molecule has 2 heterocycles. The van der Waals surface area contributed by atoms with E-state index in [1.807, 2.05) is 32.0 Å². The van der Waals surface area contributed by atoms with Gasteiger partial charge in [-0.3, -0.25) is 9.59 Å². The highest BCUT2D eigenvalue weighted by Gasteiger charge is 2.14. The number of nitrogens with one attached hydrogen (secondary N) is 1. The third kappa shape index (κ3) is 4.20. The minimum absolute atomic E-state index is 0.134. The van der Waals surface area contributed by atoms with Crippen molar-refractivity contribution in [2.24, 2.45) is 0 Å². The van der Waals surface area contributed by atoms with Crippen LogP contribution >= 0.6 is 0 Å². The van der Waals surface area contributed by atoms with Crippen molar-refractivity contribution in [2.75, 3.05) is 0 Å². The molecule has 0 unspecified atom stereocenters. The minimum atomic E-state index is -0.754. The van der Waals surface area contributed by atoms with Crippen LogP contribution in [0.4, 0.5) is 8.78 Å². The van der Waals surface area contributed by atoms with Crippen molar-refractivity contribution in [3.05, 3.63) is 87.5 Å². The lowest BCUT2D eigenvalue weighted by Crippen LogP contribution is -2.34. The number of nitrogens with zero attached hydrogens (tertiary/aromatic N) is 4. The number of hydrogen-bond donors (Lipinski definition) is 1. The Kier molecular flexibility index (Phi) is 5.33. The highest BCUT2D eigenvalue weighted by molar-refractivity contribution is 5.75. The summed E-state index contributed by atoms with van der Waals surface area (Å²) in [5.74, 6) is -1.98. The molecule has 0 aliphatic heterocycles. The Bertz CT molecular complexity index is 1360. The largest absolute Gasteiger partial charge is 0.350 e. The van der Waals surface area contributed by atoms with E-state index in [2.05, 4.69) is 15.5 Å². The number of aromatic nitrogens is 4. The van der Waals surface area contributed by atoms with Crippen LogP contribution in [0.15, 0.2) is 53.6 Å². The van der Waals surface area contributed by atoms with Crippen molar-refractivity contribution in [2.45, 2.75) is 26.9 Å². The van der Waals surface area contributed by atoms with Crippen LogP contribution in [0.3, 0.4) is 0 Å². The summed E-state index contributed by atoms with van der Waals surface area (Å²) in [5, 5.41) is 10.9. The molecule has 2 aromatic carbocycles. The lowest BCUT2D eigenvalue weighted by atomic mass is 10.0. The van der Waals surface area contributed by atoms with E-state index < -0.39 is 23.1 Å². The molecule has 0 aliphatic carbocycles. The van der Waals surface area contributed by atoms with E-state index in [1.165, 1.54) is 16.9 Å². The van der Waals surface area contributed by atoms with Crippen LogP contribution in [0.1, 0.15) is 16.7 Å². The lowest BCUT2D eigenvalue weighted by Gasteiger charge is -2.07. The van der Waals surface area contributed by atoms with Crippen LogP contribution in [0.2, 0.25) is 0 Å². The standard InChI is InChI=1S/C22H19F2N5O2/c1-13-3-4-14(2)17(7-13)19-9-20-22(31)28(26-12-29(20)27-19)11-21(30)25-10-15-5-6-16(23)8-18(15)24/h3-9,12H,10-11H2,1-2H3,(H,25,30). The van der Waals surface area contributed by atoms with E-state index in [9.17, 15) is 18.4 Å². The van der Waals surface area contributed by atoms with E-state index >= 15 is 0 Å². The Morgan fingerprint density at radius 2 is 1.90 bits per heavy atom. The van der Waals surface area contributed by atoms with Crippen LogP contribution < -0.4 is 10.9 Å². The molecule has 158 valence electrons. The van der Waals surface area contributed by atoms with E-state index in [0.29, 0.717) is 5.69 Å². The second kappa shape index (κ2) is 8.10.